The number of rotatable bonds is 8. The number of carbonyl (C=O) groups excluding carboxylic acids is 2. The Morgan fingerprint density at radius 1 is 1.17 bits per heavy atom. The van der Waals surface area contributed by atoms with E-state index in [0.29, 0.717) is 16.2 Å². The van der Waals surface area contributed by atoms with Crippen LogP contribution >= 0.6 is 23.1 Å². The van der Waals surface area contributed by atoms with E-state index in [1.165, 1.54) is 41.3 Å². The zero-order chi connectivity index (χ0) is 20.6. The molecular weight excluding hydrogens is 414 g/mol. The predicted octanol–water partition coefficient (Wildman–Crippen LogP) is 4.14. The van der Waals surface area contributed by atoms with Gasteiger partial charge in [-0.2, -0.15) is 0 Å². The Hall–Kier alpha value is -3.24. The first-order valence-electron chi connectivity index (χ1n) is 8.34. The van der Waals surface area contributed by atoms with E-state index in [1.54, 1.807) is 35.8 Å². The Labute approximate surface area is 174 Å². The number of nitro benzene ring substituents is 1. The van der Waals surface area contributed by atoms with E-state index in [1.807, 2.05) is 5.38 Å². The number of esters is 1. The number of benzene rings is 2. The first-order valence-corrected chi connectivity index (χ1v) is 10.3. The van der Waals surface area contributed by atoms with Gasteiger partial charge in [0, 0.05) is 22.1 Å². The van der Waals surface area contributed by atoms with Crippen molar-refractivity contribution in [2.75, 3.05) is 11.9 Å². The number of thiazole rings is 1. The van der Waals surface area contributed by atoms with Crippen molar-refractivity contribution in [3.63, 3.8) is 0 Å². The molecule has 0 aliphatic carbocycles. The van der Waals surface area contributed by atoms with E-state index in [0.717, 1.165) is 5.69 Å². The molecule has 148 valence electrons. The number of hydrogen-bond donors (Lipinski definition) is 1. The van der Waals surface area contributed by atoms with Crippen LogP contribution in [0.15, 0.2) is 64.3 Å². The highest BCUT2D eigenvalue weighted by Crippen LogP contribution is 2.27. The molecule has 29 heavy (non-hydrogen) atoms. The molecule has 3 aromatic rings. The van der Waals surface area contributed by atoms with Crippen LogP contribution in [0.4, 0.5) is 11.4 Å². The van der Waals surface area contributed by atoms with Gasteiger partial charge in [-0.3, -0.25) is 14.9 Å². The molecule has 1 N–H and O–H groups in total. The SMILES string of the molecule is O=C(COC(=O)c1ccccc1SCc1cscn1)Nc1ccccc1[N+](=O)[O-]. The number of thioether (sulfide) groups is 1. The summed E-state index contributed by atoms with van der Waals surface area (Å²) in [6.07, 6.45) is 0. The molecule has 1 aromatic heterocycles. The molecule has 0 radical (unpaired) electrons. The van der Waals surface area contributed by atoms with Crippen molar-refractivity contribution in [3.8, 4) is 0 Å². The number of aromatic nitrogens is 1. The lowest BCUT2D eigenvalue weighted by Gasteiger charge is -2.09. The van der Waals surface area contributed by atoms with Gasteiger partial charge in [-0.1, -0.05) is 24.3 Å². The monoisotopic (exact) mass is 429 g/mol. The maximum Gasteiger partial charge on any atom is 0.339 e. The minimum absolute atomic E-state index is 0.0396. The molecule has 3 rings (SSSR count). The van der Waals surface area contributed by atoms with Crippen LogP contribution in [0, 0.1) is 10.1 Å². The maximum absolute atomic E-state index is 12.4. The predicted molar refractivity (Wildman–Crippen MR) is 110 cm³/mol. The van der Waals surface area contributed by atoms with Crippen molar-refractivity contribution in [3.05, 3.63) is 80.8 Å². The number of para-hydroxylation sites is 2. The third kappa shape index (κ3) is 5.62. The molecule has 1 amide bonds. The molecular formula is C19H15N3O5S2. The summed E-state index contributed by atoms with van der Waals surface area (Å²) in [5.41, 5.74) is 2.79. The molecule has 8 nitrogen and oxygen atoms in total. The first kappa shape index (κ1) is 20.5. The zero-order valence-electron chi connectivity index (χ0n) is 14.9. The van der Waals surface area contributed by atoms with E-state index < -0.39 is 23.4 Å². The van der Waals surface area contributed by atoms with Gasteiger partial charge in [-0.25, -0.2) is 9.78 Å². The molecule has 10 heteroatoms. The van der Waals surface area contributed by atoms with Crippen molar-refractivity contribution in [2.24, 2.45) is 0 Å². The van der Waals surface area contributed by atoms with Gasteiger partial charge in [0.05, 0.1) is 21.7 Å². The van der Waals surface area contributed by atoms with Crippen molar-refractivity contribution in [2.45, 2.75) is 10.6 Å². The quantitative estimate of drug-likeness (QED) is 0.248. The molecule has 0 saturated heterocycles. The maximum atomic E-state index is 12.4. The van der Waals surface area contributed by atoms with E-state index in [-0.39, 0.29) is 11.4 Å². The fraction of sp³-hybridized carbons (Fsp3) is 0.105. The topological polar surface area (TPSA) is 111 Å². The van der Waals surface area contributed by atoms with Crippen LogP contribution in [-0.2, 0) is 15.3 Å². The van der Waals surface area contributed by atoms with Gasteiger partial charge in [0.15, 0.2) is 6.61 Å². The number of nitrogens with one attached hydrogen (secondary N) is 1. The summed E-state index contributed by atoms with van der Waals surface area (Å²) >= 11 is 2.94. The third-order valence-electron chi connectivity index (χ3n) is 3.68. The highest BCUT2D eigenvalue weighted by atomic mass is 32.2. The second-order valence-electron chi connectivity index (χ2n) is 5.66. The van der Waals surface area contributed by atoms with Gasteiger partial charge in [0.2, 0.25) is 0 Å². The summed E-state index contributed by atoms with van der Waals surface area (Å²) in [6.45, 7) is -0.560. The van der Waals surface area contributed by atoms with Gasteiger partial charge in [-0.15, -0.1) is 23.1 Å². The lowest BCUT2D eigenvalue weighted by molar-refractivity contribution is -0.383. The van der Waals surface area contributed by atoms with E-state index in [9.17, 15) is 19.7 Å². The molecule has 0 bridgehead atoms. The average Bonchev–Trinajstić information content (AvgIpc) is 3.24. The first-order chi connectivity index (χ1) is 14.0. The largest absolute Gasteiger partial charge is 0.452 e. The van der Waals surface area contributed by atoms with Crippen LogP contribution < -0.4 is 5.32 Å². The fourth-order valence-electron chi connectivity index (χ4n) is 2.36. The van der Waals surface area contributed by atoms with Crippen LogP contribution in [0.2, 0.25) is 0 Å². The summed E-state index contributed by atoms with van der Waals surface area (Å²) in [6, 6.07) is 12.7. The lowest BCUT2D eigenvalue weighted by Crippen LogP contribution is -2.21. The summed E-state index contributed by atoms with van der Waals surface area (Å²) in [5, 5.41) is 15.3. The Kier molecular flexibility index (Phi) is 6.93. The molecule has 0 saturated carbocycles. The number of ether oxygens (including phenoxy) is 1. The Morgan fingerprint density at radius 2 is 1.93 bits per heavy atom. The van der Waals surface area contributed by atoms with Gasteiger partial charge >= 0.3 is 5.97 Å². The summed E-state index contributed by atoms with van der Waals surface area (Å²) in [4.78, 5) is 39.8. The number of carbonyl (C=O) groups is 2. The molecule has 0 fully saturated rings. The van der Waals surface area contributed by atoms with Gasteiger partial charge in [-0.05, 0) is 18.2 Å². The number of amides is 1. The smallest absolute Gasteiger partial charge is 0.339 e. The molecule has 0 unspecified atom stereocenters. The van der Waals surface area contributed by atoms with Crippen molar-refractivity contribution < 1.29 is 19.2 Å². The molecule has 0 aliphatic rings. The number of hydrogen-bond acceptors (Lipinski definition) is 8. The molecule has 0 aliphatic heterocycles. The fourth-order valence-corrected chi connectivity index (χ4v) is 3.96. The second-order valence-corrected chi connectivity index (χ2v) is 7.40. The highest BCUT2D eigenvalue weighted by molar-refractivity contribution is 7.98. The highest BCUT2D eigenvalue weighted by Gasteiger charge is 2.18. The van der Waals surface area contributed by atoms with Crippen LogP contribution in [0.5, 0.6) is 0 Å². The molecule has 1 heterocycles. The lowest BCUT2D eigenvalue weighted by atomic mass is 10.2. The third-order valence-corrected chi connectivity index (χ3v) is 5.42. The van der Waals surface area contributed by atoms with Crippen LogP contribution in [-0.4, -0.2) is 28.4 Å². The normalized spacial score (nSPS) is 10.3. The van der Waals surface area contributed by atoms with Crippen molar-refractivity contribution in [1.82, 2.24) is 4.98 Å². The minimum atomic E-state index is -0.666. The van der Waals surface area contributed by atoms with Gasteiger partial charge < -0.3 is 10.1 Å². The van der Waals surface area contributed by atoms with Crippen LogP contribution in [0.1, 0.15) is 16.1 Å². The Balaban J connectivity index is 1.59. The Morgan fingerprint density at radius 3 is 2.69 bits per heavy atom. The molecule has 0 spiro atoms. The number of nitrogens with zero attached hydrogens (tertiary/aromatic N) is 2. The number of nitro groups is 1. The minimum Gasteiger partial charge on any atom is -0.452 e. The zero-order valence-corrected chi connectivity index (χ0v) is 16.6. The van der Waals surface area contributed by atoms with Gasteiger partial charge in [0.25, 0.3) is 11.6 Å². The van der Waals surface area contributed by atoms with E-state index in [4.69, 9.17) is 4.74 Å². The van der Waals surface area contributed by atoms with Gasteiger partial charge in [0.1, 0.15) is 5.69 Å². The Bertz CT molecular complexity index is 1020. The number of anilines is 1. The van der Waals surface area contributed by atoms with Crippen molar-refractivity contribution in [1.29, 1.82) is 0 Å². The van der Waals surface area contributed by atoms with E-state index >= 15 is 0 Å². The van der Waals surface area contributed by atoms with Crippen LogP contribution in [0.3, 0.4) is 0 Å². The summed E-state index contributed by atoms with van der Waals surface area (Å²) in [5.74, 6) is -0.712. The van der Waals surface area contributed by atoms with Crippen molar-refractivity contribution >= 4 is 46.3 Å². The molecule has 0 atom stereocenters. The van der Waals surface area contributed by atoms with Crippen LogP contribution in [0.25, 0.3) is 0 Å². The summed E-state index contributed by atoms with van der Waals surface area (Å²) < 4.78 is 5.09. The second kappa shape index (κ2) is 9.80. The molecule has 2 aromatic carbocycles. The van der Waals surface area contributed by atoms with E-state index in [2.05, 4.69) is 10.3 Å². The average molecular weight is 429 g/mol. The standard InChI is InChI=1S/C19H15N3O5S2/c23-18(21-15-6-2-3-7-16(15)22(25)26)9-27-19(24)14-5-1-4-8-17(14)29-11-13-10-28-12-20-13/h1-8,10,12H,9,11H2,(H,21,23). The summed E-state index contributed by atoms with van der Waals surface area (Å²) in [7, 11) is 0.